The topological polar surface area (TPSA) is 88.9 Å². The third-order valence-corrected chi connectivity index (χ3v) is 3.36. The summed E-state index contributed by atoms with van der Waals surface area (Å²) in [5.74, 6) is 0.182. The summed E-state index contributed by atoms with van der Waals surface area (Å²) < 4.78 is 15.4. The minimum Gasteiger partial charge on any atom is -0.497 e. The van der Waals surface area contributed by atoms with E-state index in [0.29, 0.717) is 17.1 Å². The lowest BCUT2D eigenvalue weighted by Gasteiger charge is -2.19. The van der Waals surface area contributed by atoms with Gasteiger partial charge in [-0.05, 0) is 30.7 Å². The standard InChI is InChI=1S/C18H22N2O5/c1-13(18(22)20(2)9-5-8-19)25-17(21)7-6-14-10-15(23-3)12-16(11-14)24-4/h6-7,10-13H,5,9H2,1-4H3/b7-6+/t13-/m1/s1. The number of methoxy groups -OCH3 is 2. The molecule has 0 aliphatic heterocycles. The van der Waals surface area contributed by atoms with Crippen LogP contribution in [0, 0.1) is 11.3 Å². The van der Waals surface area contributed by atoms with Crippen molar-refractivity contribution in [3.63, 3.8) is 0 Å². The second kappa shape index (κ2) is 9.98. The van der Waals surface area contributed by atoms with Crippen LogP contribution in [-0.4, -0.2) is 50.7 Å². The van der Waals surface area contributed by atoms with Crippen LogP contribution < -0.4 is 9.47 Å². The van der Waals surface area contributed by atoms with Crippen LogP contribution in [0.1, 0.15) is 18.9 Å². The molecule has 0 N–H and O–H groups in total. The van der Waals surface area contributed by atoms with E-state index in [9.17, 15) is 9.59 Å². The number of hydrogen-bond donors (Lipinski definition) is 0. The molecule has 0 aliphatic carbocycles. The first-order valence-electron chi connectivity index (χ1n) is 7.65. The van der Waals surface area contributed by atoms with Crippen LogP contribution in [0.3, 0.4) is 0 Å². The summed E-state index contributed by atoms with van der Waals surface area (Å²) in [6.07, 6.45) is 2.07. The van der Waals surface area contributed by atoms with Gasteiger partial charge in [-0.2, -0.15) is 5.26 Å². The lowest BCUT2D eigenvalue weighted by atomic mass is 10.2. The quantitative estimate of drug-likeness (QED) is 0.528. The van der Waals surface area contributed by atoms with Gasteiger partial charge in [0.25, 0.3) is 5.91 Å². The highest BCUT2D eigenvalue weighted by atomic mass is 16.5. The van der Waals surface area contributed by atoms with E-state index in [1.54, 1.807) is 31.3 Å². The maximum Gasteiger partial charge on any atom is 0.331 e. The van der Waals surface area contributed by atoms with E-state index in [1.807, 2.05) is 6.07 Å². The Bertz CT molecular complexity index is 656. The van der Waals surface area contributed by atoms with Crippen LogP contribution >= 0.6 is 0 Å². The predicted molar refractivity (Wildman–Crippen MR) is 92.0 cm³/mol. The largest absolute Gasteiger partial charge is 0.497 e. The molecule has 1 aromatic rings. The average molecular weight is 346 g/mol. The Morgan fingerprint density at radius 3 is 2.36 bits per heavy atom. The molecule has 0 aromatic heterocycles. The minimum atomic E-state index is -0.930. The summed E-state index contributed by atoms with van der Waals surface area (Å²) in [7, 11) is 4.63. The highest BCUT2D eigenvalue weighted by Gasteiger charge is 2.20. The zero-order chi connectivity index (χ0) is 18.8. The van der Waals surface area contributed by atoms with Crippen molar-refractivity contribution in [1.82, 2.24) is 4.90 Å². The zero-order valence-corrected chi connectivity index (χ0v) is 14.8. The molecule has 0 heterocycles. The van der Waals surface area contributed by atoms with E-state index in [2.05, 4.69) is 0 Å². The van der Waals surface area contributed by atoms with Gasteiger partial charge in [-0.1, -0.05) is 0 Å². The van der Waals surface area contributed by atoms with Crippen molar-refractivity contribution in [1.29, 1.82) is 5.26 Å². The zero-order valence-electron chi connectivity index (χ0n) is 14.8. The van der Waals surface area contributed by atoms with E-state index in [-0.39, 0.29) is 18.9 Å². The summed E-state index contributed by atoms with van der Waals surface area (Å²) in [5, 5.41) is 8.53. The normalized spacial score (nSPS) is 11.5. The van der Waals surface area contributed by atoms with Crippen molar-refractivity contribution in [3.05, 3.63) is 29.8 Å². The molecular weight excluding hydrogens is 324 g/mol. The molecule has 7 heteroatoms. The van der Waals surface area contributed by atoms with Crippen molar-refractivity contribution >= 4 is 18.0 Å². The van der Waals surface area contributed by atoms with Crippen LogP contribution in [0.25, 0.3) is 6.08 Å². The van der Waals surface area contributed by atoms with Gasteiger partial charge in [0, 0.05) is 25.7 Å². The molecule has 1 aromatic carbocycles. The highest BCUT2D eigenvalue weighted by molar-refractivity contribution is 5.90. The van der Waals surface area contributed by atoms with E-state index in [1.165, 1.54) is 32.1 Å². The molecule has 1 atom stereocenters. The number of benzene rings is 1. The van der Waals surface area contributed by atoms with Crippen molar-refractivity contribution in [2.45, 2.75) is 19.4 Å². The summed E-state index contributed by atoms with van der Waals surface area (Å²) in [5.41, 5.74) is 0.693. The average Bonchev–Trinajstić information content (AvgIpc) is 2.63. The Kier molecular flexibility index (Phi) is 8.00. The van der Waals surface area contributed by atoms with Crippen LogP contribution in [0.15, 0.2) is 24.3 Å². The van der Waals surface area contributed by atoms with Gasteiger partial charge in [0.15, 0.2) is 6.10 Å². The van der Waals surface area contributed by atoms with Gasteiger partial charge in [-0.3, -0.25) is 4.79 Å². The Hall–Kier alpha value is -3.01. The SMILES string of the molecule is COc1cc(/C=C/C(=O)O[C@H](C)C(=O)N(C)CCC#N)cc(OC)c1. The molecule has 0 radical (unpaired) electrons. The molecule has 1 amide bonds. The van der Waals surface area contributed by atoms with E-state index < -0.39 is 12.1 Å². The minimum absolute atomic E-state index is 0.223. The van der Waals surface area contributed by atoms with Gasteiger partial charge >= 0.3 is 5.97 Å². The number of amides is 1. The van der Waals surface area contributed by atoms with Crippen LogP contribution in [0.2, 0.25) is 0 Å². The predicted octanol–water partition coefficient (Wildman–Crippen LogP) is 2.02. The third kappa shape index (κ3) is 6.55. The van der Waals surface area contributed by atoms with E-state index in [0.717, 1.165) is 0 Å². The van der Waals surface area contributed by atoms with Crippen molar-refractivity contribution < 1.29 is 23.8 Å². The second-order valence-electron chi connectivity index (χ2n) is 5.23. The Labute approximate surface area is 147 Å². The van der Waals surface area contributed by atoms with Crippen molar-refractivity contribution in [3.8, 4) is 17.6 Å². The van der Waals surface area contributed by atoms with Crippen molar-refractivity contribution in [2.75, 3.05) is 27.8 Å². The van der Waals surface area contributed by atoms with Crippen LogP contribution in [0.5, 0.6) is 11.5 Å². The molecular formula is C18H22N2O5. The highest BCUT2D eigenvalue weighted by Crippen LogP contribution is 2.23. The maximum absolute atomic E-state index is 12.0. The van der Waals surface area contributed by atoms with Gasteiger partial charge in [-0.25, -0.2) is 4.79 Å². The number of rotatable bonds is 8. The number of carbonyl (C=O) groups excluding carboxylic acids is 2. The summed E-state index contributed by atoms with van der Waals surface area (Å²) in [6.45, 7) is 1.78. The lowest BCUT2D eigenvalue weighted by molar-refractivity contribution is -0.154. The Morgan fingerprint density at radius 1 is 1.24 bits per heavy atom. The number of nitrogens with zero attached hydrogens (tertiary/aromatic N) is 2. The summed E-state index contributed by atoms with van der Waals surface area (Å²) >= 11 is 0. The molecule has 0 spiro atoms. The Balaban J connectivity index is 2.68. The fraction of sp³-hybridized carbons (Fsp3) is 0.389. The molecule has 0 fully saturated rings. The first-order valence-corrected chi connectivity index (χ1v) is 7.65. The maximum atomic E-state index is 12.0. The number of ether oxygens (including phenoxy) is 3. The number of esters is 1. The van der Waals surface area contributed by atoms with Gasteiger partial charge in [-0.15, -0.1) is 0 Å². The third-order valence-electron chi connectivity index (χ3n) is 3.36. The van der Waals surface area contributed by atoms with E-state index in [4.69, 9.17) is 19.5 Å². The number of carbonyl (C=O) groups is 2. The van der Waals surface area contributed by atoms with Gasteiger partial charge in [0.05, 0.1) is 26.7 Å². The first kappa shape index (κ1) is 20.0. The van der Waals surface area contributed by atoms with Crippen LogP contribution in [-0.2, 0) is 14.3 Å². The molecule has 0 saturated heterocycles. The van der Waals surface area contributed by atoms with Gasteiger partial charge in [0.1, 0.15) is 11.5 Å². The smallest absolute Gasteiger partial charge is 0.331 e. The molecule has 134 valence electrons. The Morgan fingerprint density at radius 2 is 1.84 bits per heavy atom. The fourth-order valence-electron chi connectivity index (χ4n) is 1.99. The number of nitriles is 1. The van der Waals surface area contributed by atoms with E-state index >= 15 is 0 Å². The van der Waals surface area contributed by atoms with Crippen LogP contribution in [0.4, 0.5) is 0 Å². The molecule has 25 heavy (non-hydrogen) atoms. The van der Waals surface area contributed by atoms with Gasteiger partial charge < -0.3 is 19.1 Å². The molecule has 0 bridgehead atoms. The fourth-order valence-corrected chi connectivity index (χ4v) is 1.99. The molecule has 0 saturated carbocycles. The number of hydrogen-bond acceptors (Lipinski definition) is 6. The van der Waals surface area contributed by atoms with Crippen molar-refractivity contribution in [2.24, 2.45) is 0 Å². The molecule has 1 rings (SSSR count). The molecule has 0 unspecified atom stereocenters. The molecule has 7 nitrogen and oxygen atoms in total. The first-order chi connectivity index (χ1) is 11.9. The molecule has 0 aliphatic rings. The summed E-state index contributed by atoms with van der Waals surface area (Å²) in [6, 6.07) is 7.14. The van der Waals surface area contributed by atoms with Gasteiger partial charge in [0.2, 0.25) is 0 Å². The lowest BCUT2D eigenvalue weighted by Crippen LogP contribution is -2.37. The summed E-state index contributed by atoms with van der Waals surface area (Å²) in [4.78, 5) is 25.2. The monoisotopic (exact) mass is 346 g/mol. The second-order valence-corrected chi connectivity index (χ2v) is 5.23. The number of likely N-dealkylation sites (N-methyl/N-ethyl adjacent to an activating group) is 1.